The Labute approximate surface area is 155 Å². The first-order valence-corrected chi connectivity index (χ1v) is 9.31. The lowest BCUT2D eigenvalue weighted by Gasteiger charge is -2.23. The van der Waals surface area contributed by atoms with E-state index in [0.29, 0.717) is 18.2 Å². The van der Waals surface area contributed by atoms with Gasteiger partial charge in [0.1, 0.15) is 11.6 Å². The van der Waals surface area contributed by atoms with Crippen molar-refractivity contribution in [2.45, 2.75) is 39.3 Å². The fourth-order valence-electron chi connectivity index (χ4n) is 3.09. The Balaban J connectivity index is 1.74. The van der Waals surface area contributed by atoms with Crippen LogP contribution in [0, 0.1) is 0 Å². The van der Waals surface area contributed by atoms with Crippen molar-refractivity contribution in [3.8, 4) is 5.75 Å². The number of hydrogen-bond donors (Lipinski definition) is 0. The molecule has 138 valence electrons. The Bertz CT molecular complexity index is 720. The van der Waals surface area contributed by atoms with E-state index in [2.05, 4.69) is 23.7 Å². The third-order valence-electron chi connectivity index (χ3n) is 4.84. The maximum absolute atomic E-state index is 13.0. The van der Waals surface area contributed by atoms with Gasteiger partial charge in [-0.05, 0) is 56.5 Å². The molecule has 0 unspecified atom stereocenters. The Hall–Kier alpha value is -2.56. The van der Waals surface area contributed by atoms with Gasteiger partial charge in [0.15, 0.2) is 0 Å². The van der Waals surface area contributed by atoms with Crippen molar-refractivity contribution in [2.24, 2.45) is 0 Å². The van der Waals surface area contributed by atoms with Crippen LogP contribution in [0.4, 0.5) is 5.82 Å². The van der Waals surface area contributed by atoms with Crippen molar-refractivity contribution in [1.29, 1.82) is 0 Å². The SMILES string of the molecule is CCN(CC)c1ccc(C(=O)N(Cc2ccc(OC)cc2)C2CC2)cn1. The molecular formula is C21H27N3O2. The number of amides is 1. The molecule has 0 atom stereocenters. The fourth-order valence-corrected chi connectivity index (χ4v) is 3.09. The van der Waals surface area contributed by atoms with Gasteiger partial charge in [-0.15, -0.1) is 0 Å². The van der Waals surface area contributed by atoms with Crippen molar-refractivity contribution in [1.82, 2.24) is 9.88 Å². The van der Waals surface area contributed by atoms with E-state index in [0.717, 1.165) is 43.1 Å². The van der Waals surface area contributed by atoms with Crippen molar-refractivity contribution >= 4 is 11.7 Å². The van der Waals surface area contributed by atoms with E-state index in [1.54, 1.807) is 13.3 Å². The van der Waals surface area contributed by atoms with E-state index in [9.17, 15) is 4.79 Å². The van der Waals surface area contributed by atoms with Crippen molar-refractivity contribution in [2.75, 3.05) is 25.1 Å². The molecule has 26 heavy (non-hydrogen) atoms. The zero-order valence-corrected chi connectivity index (χ0v) is 15.8. The van der Waals surface area contributed by atoms with E-state index in [4.69, 9.17) is 4.74 Å². The number of aromatic nitrogens is 1. The summed E-state index contributed by atoms with van der Waals surface area (Å²) in [5.74, 6) is 1.80. The lowest BCUT2D eigenvalue weighted by atomic mass is 10.1. The molecule has 3 rings (SSSR count). The molecule has 1 aromatic heterocycles. The van der Waals surface area contributed by atoms with Gasteiger partial charge < -0.3 is 14.5 Å². The Morgan fingerprint density at radius 3 is 2.31 bits per heavy atom. The summed E-state index contributed by atoms with van der Waals surface area (Å²) in [6, 6.07) is 12.1. The smallest absolute Gasteiger partial charge is 0.255 e. The molecule has 0 bridgehead atoms. The standard InChI is InChI=1S/C21H27N3O2/c1-4-23(5-2)20-13-8-17(14-22-20)21(25)24(18-9-10-18)15-16-6-11-19(26-3)12-7-16/h6-8,11-14,18H,4-5,9-10,15H2,1-3H3. The van der Waals surface area contributed by atoms with Gasteiger partial charge in [0.2, 0.25) is 0 Å². The summed E-state index contributed by atoms with van der Waals surface area (Å²) in [5, 5.41) is 0. The fraction of sp³-hybridized carbons (Fsp3) is 0.429. The second-order valence-corrected chi connectivity index (χ2v) is 6.59. The van der Waals surface area contributed by atoms with Crippen LogP contribution in [0.5, 0.6) is 5.75 Å². The van der Waals surface area contributed by atoms with Crippen LogP contribution in [-0.2, 0) is 6.54 Å². The van der Waals surface area contributed by atoms with Crippen molar-refractivity contribution < 1.29 is 9.53 Å². The highest BCUT2D eigenvalue weighted by Gasteiger charge is 2.33. The van der Waals surface area contributed by atoms with Gasteiger partial charge in [0.05, 0.1) is 12.7 Å². The van der Waals surface area contributed by atoms with Crippen LogP contribution in [0.1, 0.15) is 42.6 Å². The molecule has 1 aliphatic rings. The number of hydrogen-bond acceptors (Lipinski definition) is 4. The number of nitrogens with zero attached hydrogens (tertiary/aromatic N) is 3. The van der Waals surface area contributed by atoms with E-state index >= 15 is 0 Å². The van der Waals surface area contributed by atoms with Crippen LogP contribution in [0.3, 0.4) is 0 Å². The van der Waals surface area contributed by atoms with E-state index in [1.807, 2.05) is 41.3 Å². The van der Waals surface area contributed by atoms with Crippen LogP contribution in [0.15, 0.2) is 42.6 Å². The Morgan fingerprint density at radius 2 is 1.81 bits per heavy atom. The maximum Gasteiger partial charge on any atom is 0.255 e. The quantitative estimate of drug-likeness (QED) is 0.725. The molecule has 0 saturated heterocycles. The van der Waals surface area contributed by atoms with Crippen LogP contribution in [0.2, 0.25) is 0 Å². The third kappa shape index (κ3) is 4.15. The highest BCUT2D eigenvalue weighted by Crippen LogP contribution is 2.30. The average Bonchev–Trinajstić information content (AvgIpc) is 3.53. The number of methoxy groups -OCH3 is 1. The second-order valence-electron chi connectivity index (χ2n) is 6.59. The van der Waals surface area contributed by atoms with Gasteiger partial charge in [-0.3, -0.25) is 4.79 Å². The summed E-state index contributed by atoms with van der Waals surface area (Å²) in [4.78, 5) is 21.7. The Kier molecular flexibility index (Phi) is 5.76. The normalized spacial score (nSPS) is 13.3. The van der Waals surface area contributed by atoms with E-state index < -0.39 is 0 Å². The largest absolute Gasteiger partial charge is 0.497 e. The first kappa shape index (κ1) is 18.2. The van der Waals surface area contributed by atoms with Gasteiger partial charge >= 0.3 is 0 Å². The lowest BCUT2D eigenvalue weighted by Crippen LogP contribution is -2.32. The van der Waals surface area contributed by atoms with Gasteiger partial charge in [0, 0.05) is 31.9 Å². The molecule has 5 nitrogen and oxygen atoms in total. The van der Waals surface area contributed by atoms with Gasteiger partial charge in [-0.25, -0.2) is 4.98 Å². The summed E-state index contributed by atoms with van der Waals surface area (Å²) >= 11 is 0. The predicted molar refractivity (Wildman–Crippen MR) is 104 cm³/mol. The predicted octanol–water partition coefficient (Wildman–Crippen LogP) is 3.74. The number of pyridine rings is 1. The van der Waals surface area contributed by atoms with Gasteiger partial charge in [-0.1, -0.05) is 12.1 Å². The Morgan fingerprint density at radius 1 is 1.12 bits per heavy atom. The molecule has 0 aliphatic heterocycles. The summed E-state index contributed by atoms with van der Waals surface area (Å²) < 4.78 is 5.21. The van der Waals surface area contributed by atoms with Crippen LogP contribution >= 0.6 is 0 Å². The molecule has 1 fully saturated rings. The van der Waals surface area contributed by atoms with Gasteiger partial charge in [-0.2, -0.15) is 0 Å². The molecule has 2 aromatic rings. The number of benzene rings is 1. The number of rotatable bonds is 8. The molecule has 0 spiro atoms. The molecule has 1 saturated carbocycles. The first-order chi connectivity index (χ1) is 12.7. The topological polar surface area (TPSA) is 45.7 Å². The highest BCUT2D eigenvalue weighted by atomic mass is 16.5. The zero-order valence-electron chi connectivity index (χ0n) is 15.8. The first-order valence-electron chi connectivity index (χ1n) is 9.31. The molecule has 1 heterocycles. The second kappa shape index (κ2) is 8.21. The monoisotopic (exact) mass is 353 g/mol. The highest BCUT2D eigenvalue weighted by molar-refractivity contribution is 5.94. The van der Waals surface area contributed by atoms with Gasteiger partial charge in [0.25, 0.3) is 5.91 Å². The summed E-state index contributed by atoms with van der Waals surface area (Å²) in [5.41, 5.74) is 1.76. The van der Waals surface area contributed by atoms with Crippen molar-refractivity contribution in [3.05, 3.63) is 53.7 Å². The maximum atomic E-state index is 13.0. The minimum atomic E-state index is 0.0573. The summed E-state index contributed by atoms with van der Waals surface area (Å²) in [6.07, 6.45) is 3.86. The summed E-state index contributed by atoms with van der Waals surface area (Å²) in [7, 11) is 1.66. The molecular weight excluding hydrogens is 326 g/mol. The molecule has 1 amide bonds. The van der Waals surface area contributed by atoms with Crippen LogP contribution < -0.4 is 9.64 Å². The zero-order chi connectivity index (χ0) is 18.5. The molecule has 1 aliphatic carbocycles. The third-order valence-corrected chi connectivity index (χ3v) is 4.84. The molecule has 0 N–H and O–H groups in total. The number of carbonyl (C=O) groups excluding carboxylic acids is 1. The molecule has 1 aromatic carbocycles. The van der Waals surface area contributed by atoms with Crippen molar-refractivity contribution in [3.63, 3.8) is 0 Å². The van der Waals surface area contributed by atoms with Crippen LogP contribution in [0.25, 0.3) is 0 Å². The van der Waals surface area contributed by atoms with Crippen LogP contribution in [-0.4, -0.2) is 42.0 Å². The molecule has 5 heteroatoms. The average molecular weight is 353 g/mol. The number of anilines is 1. The number of carbonyl (C=O) groups is 1. The lowest BCUT2D eigenvalue weighted by molar-refractivity contribution is 0.0729. The van der Waals surface area contributed by atoms with E-state index in [1.165, 1.54) is 0 Å². The summed E-state index contributed by atoms with van der Waals surface area (Å²) in [6.45, 7) is 6.64. The minimum absolute atomic E-state index is 0.0573. The van der Waals surface area contributed by atoms with E-state index in [-0.39, 0.29) is 5.91 Å². The number of ether oxygens (including phenoxy) is 1. The molecule has 0 radical (unpaired) electrons. The minimum Gasteiger partial charge on any atom is -0.497 e.